The fraction of sp³-hybridized carbons (Fsp3) is 0.333. The molecule has 6 heteroatoms. The summed E-state index contributed by atoms with van der Waals surface area (Å²) >= 11 is 0. The van der Waals surface area contributed by atoms with Crippen molar-refractivity contribution in [3.63, 3.8) is 0 Å². The van der Waals surface area contributed by atoms with Gasteiger partial charge in [0.25, 0.3) is 0 Å². The van der Waals surface area contributed by atoms with Crippen LogP contribution in [-0.4, -0.2) is 28.1 Å². The van der Waals surface area contributed by atoms with E-state index in [1.807, 2.05) is 38.1 Å². The maximum Gasteiger partial charge on any atom is 0.152 e. The standard InChI is InChI=1S/C16H18N3O.C2H3O.Y/c1-11-10-17-13(3)18-16(11)19-15(12(2)20)9-14-7-5-4-6-8-14;1-2-3;/h5-8,10,15H,9H2,1-3H3,(H,17,18,19);1H3;/q2*-1;/t15-;;/m0../s1. The molecule has 1 aromatic heterocycles. The average Bonchev–Trinajstić information content (AvgIpc) is 2.52. The van der Waals surface area contributed by atoms with Gasteiger partial charge in [-0.1, -0.05) is 0 Å². The summed E-state index contributed by atoms with van der Waals surface area (Å²) in [6.07, 6.45) is 3.89. The second kappa shape index (κ2) is 12.0. The Bertz CT molecular complexity index is 648. The number of hydrogen-bond acceptors (Lipinski definition) is 5. The molecule has 1 heterocycles. The van der Waals surface area contributed by atoms with Gasteiger partial charge in [0.2, 0.25) is 0 Å². The fourth-order valence-electron chi connectivity index (χ4n) is 1.93. The molecular formula is C18H21N3O2Y-2. The molecule has 5 nitrogen and oxygen atoms in total. The predicted molar refractivity (Wildman–Crippen MR) is 89.9 cm³/mol. The first-order chi connectivity index (χ1) is 11.0. The van der Waals surface area contributed by atoms with E-state index in [1.165, 1.54) is 13.2 Å². The van der Waals surface area contributed by atoms with E-state index >= 15 is 0 Å². The normalized spacial score (nSPS) is 10.5. The first kappa shape index (κ1) is 22.5. The smallest absolute Gasteiger partial charge is 0.152 e. The van der Waals surface area contributed by atoms with Crippen LogP contribution in [-0.2, 0) is 48.7 Å². The number of aryl methyl sites for hydroxylation is 2. The number of ketones is 1. The third-order valence-electron chi connectivity index (χ3n) is 3.12. The summed E-state index contributed by atoms with van der Waals surface area (Å²) in [5.41, 5.74) is 2.03. The van der Waals surface area contributed by atoms with Gasteiger partial charge in [0.15, 0.2) is 5.78 Å². The van der Waals surface area contributed by atoms with Crippen molar-refractivity contribution >= 4 is 17.9 Å². The Kier molecular flexibility index (Phi) is 11.3. The van der Waals surface area contributed by atoms with Crippen LogP contribution < -0.4 is 5.32 Å². The van der Waals surface area contributed by atoms with Crippen LogP contribution >= 0.6 is 0 Å². The van der Waals surface area contributed by atoms with Gasteiger partial charge in [0.1, 0.15) is 11.6 Å². The fourth-order valence-corrected chi connectivity index (χ4v) is 1.93. The van der Waals surface area contributed by atoms with Crippen LogP contribution in [0, 0.1) is 19.9 Å². The average molecular weight is 400 g/mol. The van der Waals surface area contributed by atoms with E-state index in [-0.39, 0.29) is 44.5 Å². The molecule has 125 valence electrons. The zero-order valence-corrected chi connectivity index (χ0v) is 17.3. The molecular weight excluding hydrogens is 379 g/mol. The second-order valence-corrected chi connectivity index (χ2v) is 5.07. The van der Waals surface area contributed by atoms with Crippen molar-refractivity contribution < 1.29 is 42.3 Å². The van der Waals surface area contributed by atoms with E-state index < -0.39 is 0 Å². The van der Waals surface area contributed by atoms with Crippen molar-refractivity contribution in [1.82, 2.24) is 9.97 Å². The minimum atomic E-state index is -0.287. The first-order valence-corrected chi connectivity index (χ1v) is 7.29. The van der Waals surface area contributed by atoms with Crippen molar-refractivity contribution in [2.75, 3.05) is 5.32 Å². The van der Waals surface area contributed by atoms with E-state index in [1.54, 1.807) is 13.1 Å². The third kappa shape index (κ3) is 7.89. The van der Waals surface area contributed by atoms with Crippen LogP contribution in [0.1, 0.15) is 30.8 Å². The van der Waals surface area contributed by atoms with Crippen LogP contribution in [0.5, 0.6) is 0 Å². The molecule has 0 fully saturated rings. The molecule has 1 radical (unpaired) electrons. The van der Waals surface area contributed by atoms with E-state index in [4.69, 9.17) is 4.79 Å². The summed E-state index contributed by atoms with van der Waals surface area (Å²) < 4.78 is 0. The van der Waals surface area contributed by atoms with E-state index in [9.17, 15) is 4.79 Å². The zero-order valence-electron chi connectivity index (χ0n) is 14.5. The molecule has 1 aromatic carbocycles. The van der Waals surface area contributed by atoms with Gasteiger partial charge in [-0.15, -0.1) is 0 Å². The van der Waals surface area contributed by atoms with Gasteiger partial charge in [-0.25, -0.2) is 9.97 Å². The summed E-state index contributed by atoms with van der Waals surface area (Å²) in [6.45, 7) is 6.67. The molecule has 0 unspecified atom stereocenters. The Labute approximate surface area is 168 Å². The number of rotatable bonds is 5. The Morgan fingerprint density at radius 3 is 2.46 bits per heavy atom. The second-order valence-electron chi connectivity index (χ2n) is 5.07. The summed E-state index contributed by atoms with van der Waals surface area (Å²) in [6, 6.07) is 10.3. The number of carbonyl (C=O) groups excluding carboxylic acids is 2. The Hall–Kier alpha value is -1.46. The quantitative estimate of drug-likeness (QED) is 0.782. The number of nitrogens with one attached hydrogen (secondary N) is 1. The molecule has 24 heavy (non-hydrogen) atoms. The summed E-state index contributed by atoms with van der Waals surface area (Å²) in [5.74, 6) is 1.50. The minimum absolute atomic E-state index is 0. The molecule has 1 N–H and O–H groups in total. The summed E-state index contributed by atoms with van der Waals surface area (Å²) in [4.78, 5) is 29.0. The predicted octanol–water partition coefficient (Wildman–Crippen LogP) is 2.62. The number of Topliss-reactive ketones (excluding diaryl/α,β-unsaturated/α-hetero) is 1. The van der Waals surface area contributed by atoms with Crippen molar-refractivity contribution in [3.8, 4) is 0 Å². The molecule has 0 aliphatic rings. The third-order valence-corrected chi connectivity index (χ3v) is 3.12. The van der Waals surface area contributed by atoms with Gasteiger partial charge >= 0.3 is 0 Å². The number of hydrogen-bond donors (Lipinski definition) is 1. The molecule has 0 aliphatic carbocycles. The number of benzene rings is 1. The van der Waals surface area contributed by atoms with Gasteiger partial charge < -0.3 is 10.1 Å². The van der Waals surface area contributed by atoms with E-state index in [0.717, 1.165) is 16.9 Å². The van der Waals surface area contributed by atoms with Crippen molar-refractivity contribution in [1.29, 1.82) is 0 Å². The van der Waals surface area contributed by atoms with Crippen molar-refractivity contribution in [3.05, 3.63) is 53.5 Å². The van der Waals surface area contributed by atoms with Gasteiger partial charge in [-0.3, -0.25) is 11.1 Å². The largest absolute Gasteiger partial charge is 0.542 e. The zero-order chi connectivity index (χ0) is 17.2. The van der Waals surface area contributed by atoms with Crippen LogP contribution in [0.25, 0.3) is 0 Å². The molecule has 0 saturated heterocycles. The van der Waals surface area contributed by atoms with Crippen LogP contribution in [0.15, 0.2) is 30.5 Å². The minimum Gasteiger partial charge on any atom is -0.542 e. The Balaban J connectivity index is 0.00000123. The van der Waals surface area contributed by atoms with Crippen LogP contribution in [0.4, 0.5) is 5.82 Å². The molecule has 2 aromatic rings. The summed E-state index contributed by atoms with van der Waals surface area (Å²) in [5, 5.41) is 3.23. The molecule has 0 saturated carbocycles. The molecule has 2 rings (SSSR count). The van der Waals surface area contributed by atoms with Crippen LogP contribution in [0.2, 0.25) is 0 Å². The number of anilines is 1. The Morgan fingerprint density at radius 1 is 1.33 bits per heavy atom. The number of carbonyl (C=O) groups is 1. The van der Waals surface area contributed by atoms with E-state index in [0.29, 0.717) is 12.2 Å². The number of aromatic nitrogens is 2. The van der Waals surface area contributed by atoms with Gasteiger partial charge in [-0.2, -0.15) is 42.8 Å². The summed E-state index contributed by atoms with van der Waals surface area (Å²) in [7, 11) is 0. The van der Waals surface area contributed by atoms with Crippen molar-refractivity contribution in [2.24, 2.45) is 0 Å². The van der Waals surface area contributed by atoms with Crippen molar-refractivity contribution in [2.45, 2.75) is 40.2 Å². The van der Waals surface area contributed by atoms with E-state index in [2.05, 4.69) is 21.4 Å². The van der Waals surface area contributed by atoms with Gasteiger partial charge in [0.05, 0.1) is 6.04 Å². The first-order valence-electron chi connectivity index (χ1n) is 7.29. The monoisotopic (exact) mass is 400 g/mol. The SMILES string of the molecule is CC(=O)[C@H](Cc1cc[c-]cc1)Nc1nc(C)ncc1C.C[C-]=O.[Y]. The molecule has 0 spiro atoms. The maximum atomic E-state index is 11.8. The maximum absolute atomic E-state index is 11.8. The van der Waals surface area contributed by atoms with Gasteiger partial charge in [-0.05, 0) is 27.2 Å². The molecule has 1 atom stereocenters. The Morgan fingerprint density at radius 2 is 1.92 bits per heavy atom. The van der Waals surface area contributed by atoms with Gasteiger partial charge in [0, 0.05) is 44.5 Å². The number of nitrogens with zero attached hydrogens (tertiary/aromatic N) is 2. The van der Waals surface area contributed by atoms with Crippen LogP contribution in [0.3, 0.4) is 0 Å². The molecule has 0 bridgehead atoms. The molecule has 0 amide bonds. The molecule has 0 aliphatic heterocycles. The topological polar surface area (TPSA) is 72.0 Å².